The lowest BCUT2D eigenvalue weighted by Crippen LogP contribution is -2.34. The van der Waals surface area contributed by atoms with E-state index in [2.05, 4.69) is 0 Å². The SMILES string of the molecule is Cc1ccc(C(=O)N(CCCl)C2CC2)c(Cl)c1. The predicted octanol–water partition coefficient (Wildman–Crippen LogP) is 3.49. The minimum absolute atomic E-state index is 0.00171. The van der Waals surface area contributed by atoms with Crippen molar-refractivity contribution in [1.82, 2.24) is 4.90 Å². The van der Waals surface area contributed by atoms with E-state index in [1.807, 2.05) is 24.0 Å². The fourth-order valence-electron chi connectivity index (χ4n) is 1.88. The highest BCUT2D eigenvalue weighted by molar-refractivity contribution is 6.33. The van der Waals surface area contributed by atoms with Crippen molar-refractivity contribution in [3.8, 4) is 0 Å². The molecule has 4 heteroatoms. The third-order valence-electron chi connectivity index (χ3n) is 2.93. The summed E-state index contributed by atoms with van der Waals surface area (Å²) in [5, 5.41) is 0.523. The first-order chi connectivity index (χ1) is 8.13. The number of hydrogen-bond donors (Lipinski definition) is 0. The maximum Gasteiger partial charge on any atom is 0.255 e. The van der Waals surface area contributed by atoms with E-state index >= 15 is 0 Å². The minimum atomic E-state index is -0.00171. The second kappa shape index (κ2) is 5.28. The van der Waals surface area contributed by atoms with Gasteiger partial charge in [-0.1, -0.05) is 17.7 Å². The third-order valence-corrected chi connectivity index (χ3v) is 3.41. The molecule has 0 aromatic heterocycles. The summed E-state index contributed by atoms with van der Waals surface area (Å²) in [6.07, 6.45) is 2.15. The first kappa shape index (κ1) is 12.7. The molecule has 1 aliphatic rings. The van der Waals surface area contributed by atoms with E-state index in [0.717, 1.165) is 18.4 Å². The summed E-state index contributed by atoms with van der Waals surface area (Å²) in [6, 6.07) is 5.88. The lowest BCUT2D eigenvalue weighted by atomic mass is 10.1. The van der Waals surface area contributed by atoms with Gasteiger partial charge in [0.15, 0.2) is 0 Å². The first-order valence-corrected chi connectivity index (χ1v) is 6.68. The van der Waals surface area contributed by atoms with Crippen LogP contribution >= 0.6 is 23.2 Å². The van der Waals surface area contributed by atoms with Crippen molar-refractivity contribution in [3.63, 3.8) is 0 Å². The lowest BCUT2D eigenvalue weighted by molar-refractivity contribution is 0.0754. The minimum Gasteiger partial charge on any atom is -0.334 e. The number of amides is 1. The molecule has 0 heterocycles. The highest BCUT2D eigenvalue weighted by Gasteiger charge is 2.33. The molecule has 0 spiro atoms. The Morgan fingerprint density at radius 1 is 1.47 bits per heavy atom. The molecule has 0 atom stereocenters. The molecule has 1 amide bonds. The van der Waals surface area contributed by atoms with Gasteiger partial charge in [0.2, 0.25) is 0 Å². The molecule has 1 aliphatic carbocycles. The summed E-state index contributed by atoms with van der Waals surface area (Å²) in [7, 11) is 0. The van der Waals surface area contributed by atoms with Crippen LogP contribution in [0.25, 0.3) is 0 Å². The maximum atomic E-state index is 12.3. The number of carbonyl (C=O) groups is 1. The molecule has 1 saturated carbocycles. The summed E-state index contributed by atoms with van der Waals surface area (Å²) in [5.74, 6) is 0.462. The van der Waals surface area contributed by atoms with Gasteiger partial charge in [0.1, 0.15) is 0 Å². The van der Waals surface area contributed by atoms with Crippen LogP contribution in [0, 0.1) is 6.92 Å². The Labute approximate surface area is 112 Å². The zero-order valence-corrected chi connectivity index (χ0v) is 11.3. The second-order valence-electron chi connectivity index (χ2n) is 4.40. The Balaban J connectivity index is 2.22. The van der Waals surface area contributed by atoms with E-state index in [-0.39, 0.29) is 5.91 Å². The Morgan fingerprint density at radius 3 is 2.71 bits per heavy atom. The highest BCUT2D eigenvalue weighted by Crippen LogP contribution is 2.29. The van der Waals surface area contributed by atoms with Gasteiger partial charge in [-0.3, -0.25) is 4.79 Å². The van der Waals surface area contributed by atoms with Gasteiger partial charge in [-0.2, -0.15) is 0 Å². The highest BCUT2D eigenvalue weighted by atomic mass is 35.5. The number of hydrogen-bond acceptors (Lipinski definition) is 1. The Bertz CT molecular complexity index is 429. The van der Waals surface area contributed by atoms with Gasteiger partial charge in [-0.05, 0) is 37.5 Å². The average molecular weight is 272 g/mol. The molecule has 0 saturated heterocycles. The molecule has 1 aromatic rings. The fraction of sp³-hybridized carbons (Fsp3) is 0.462. The summed E-state index contributed by atoms with van der Waals surface area (Å²) < 4.78 is 0. The predicted molar refractivity (Wildman–Crippen MR) is 71.0 cm³/mol. The van der Waals surface area contributed by atoms with E-state index in [9.17, 15) is 4.79 Å². The molecular weight excluding hydrogens is 257 g/mol. The Morgan fingerprint density at radius 2 is 2.18 bits per heavy atom. The molecule has 0 bridgehead atoms. The monoisotopic (exact) mass is 271 g/mol. The number of nitrogens with zero attached hydrogens (tertiary/aromatic N) is 1. The molecule has 92 valence electrons. The zero-order chi connectivity index (χ0) is 12.4. The van der Waals surface area contributed by atoms with Crippen LogP contribution in [-0.4, -0.2) is 29.3 Å². The van der Waals surface area contributed by atoms with Gasteiger partial charge in [0.25, 0.3) is 5.91 Å². The van der Waals surface area contributed by atoms with Crippen LogP contribution in [0.15, 0.2) is 18.2 Å². The molecule has 0 aliphatic heterocycles. The van der Waals surface area contributed by atoms with Gasteiger partial charge >= 0.3 is 0 Å². The second-order valence-corrected chi connectivity index (χ2v) is 5.19. The van der Waals surface area contributed by atoms with Gasteiger partial charge in [-0.25, -0.2) is 0 Å². The maximum absolute atomic E-state index is 12.3. The van der Waals surface area contributed by atoms with Gasteiger partial charge in [0, 0.05) is 18.5 Å². The average Bonchev–Trinajstić information content (AvgIpc) is 3.09. The molecule has 0 radical (unpaired) electrons. The molecule has 0 N–H and O–H groups in total. The molecule has 2 nitrogen and oxygen atoms in total. The van der Waals surface area contributed by atoms with Crippen molar-refractivity contribution in [3.05, 3.63) is 34.3 Å². The van der Waals surface area contributed by atoms with Crippen LogP contribution in [0.2, 0.25) is 5.02 Å². The standard InChI is InChI=1S/C13H15Cl2NO/c1-9-2-5-11(12(15)8-9)13(17)16(7-6-14)10-3-4-10/h2,5,8,10H,3-4,6-7H2,1H3. The van der Waals surface area contributed by atoms with Crippen LogP contribution in [0.5, 0.6) is 0 Å². The normalized spacial score (nSPS) is 14.8. The van der Waals surface area contributed by atoms with E-state index in [1.54, 1.807) is 6.07 Å². The summed E-state index contributed by atoms with van der Waals surface area (Å²) in [4.78, 5) is 14.2. The summed E-state index contributed by atoms with van der Waals surface area (Å²) in [5.41, 5.74) is 1.64. The van der Waals surface area contributed by atoms with Crippen molar-refractivity contribution < 1.29 is 4.79 Å². The number of benzene rings is 1. The molecule has 1 aromatic carbocycles. The quantitative estimate of drug-likeness (QED) is 0.768. The molecule has 2 rings (SSSR count). The van der Waals surface area contributed by atoms with Gasteiger partial charge < -0.3 is 4.90 Å². The number of halogens is 2. The summed E-state index contributed by atoms with van der Waals surface area (Å²) >= 11 is 11.9. The Hall–Kier alpha value is -0.730. The molecule has 1 fully saturated rings. The van der Waals surface area contributed by atoms with Crippen LogP contribution in [0.4, 0.5) is 0 Å². The number of aryl methyl sites for hydroxylation is 1. The van der Waals surface area contributed by atoms with Crippen LogP contribution in [-0.2, 0) is 0 Å². The van der Waals surface area contributed by atoms with Crippen LogP contribution in [0.1, 0.15) is 28.8 Å². The molecule has 0 unspecified atom stereocenters. The van der Waals surface area contributed by atoms with Crippen molar-refractivity contribution in [2.75, 3.05) is 12.4 Å². The molecular formula is C13H15Cl2NO. The topological polar surface area (TPSA) is 20.3 Å². The smallest absolute Gasteiger partial charge is 0.255 e. The van der Waals surface area contributed by atoms with Gasteiger partial charge in [0.05, 0.1) is 10.6 Å². The Kier molecular flexibility index (Phi) is 3.95. The number of alkyl halides is 1. The lowest BCUT2D eigenvalue weighted by Gasteiger charge is -2.21. The zero-order valence-electron chi connectivity index (χ0n) is 9.75. The van der Waals surface area contributed by atoms with Gasteiger partial charge in [-0.15, -0.1) is 11.6 Å². The molecule has 17 heavy (non-hydrogen) atoms. The fourth-order valence-corrected chi connectivity index (χ4v) is 2.37. The largest absolute Gasteiger partial charge is 0.334 e. The van der Waals surface area contributed by atoms with Crippen molar-refractivity contribution in [1.29, 1.82) is 0 Å². The summed E-state index contributed by atoms with van der Waals surface area (Å²) in [6.45, 7) is 2.55. The third kappa shape index (κ3) is 2.93. The van der Waals surface area contributed by atoms with E-state index in [4.69, 9.17) is 23.2 Å². The van der Waals surface area contributed by atoms with E-state index in [0.29, 0.717) is 29.1 Å². The number of rotatable bonds is 4. The van der Waals surface area contributed by atoms with E-state index in [1.165, 1.54) is 0 Å². The first-order valence-electron chi connectivity index (χ1n) is 5.76. The van der Waals surface area contributed by atoms with Crippen molar-refractivity contribution in [2.45, 2.75) is 25.8 Å². The van der Waals surface area contributed by atoms with Crippen LogP contribution in [0.3, 0.4) is 0 Å². The number of carbonyl (C=O) groups excluding carboxylic acids is 1. The van der Waals surface area contributed by atoms with E-state index < -0.39 is 0 Å². The van der Waals surface area contributed by atoms with Crippen LogP contribution < -0.4 is 0 Å². The van der Waals surface area contributed by atoms with Crippen molar-refractivity contribution >= 4 is 29.1 Å². The van der Waals surface area contributed by atoms with Crippen molar-refractivity contribution in [2.24, 2.45) is 0 Å².